The lowest BCUT2D eigenvalue weighted by atomic mass is 9.86. The molecule has 6 nitrogen and oxygen atoms in total. The van der Waals surface area contributed by atoms with Crippen molar-refractivity contribution in [1.82, 2.24) is 9.13 Å². The van der Waals surface area contributed by atoms with Gasteiger partial charge >= 0.3 is 0 Å². The SMILES string of the molecule is N#Cc1ccc(-c2c(C#N)c(C#N)c(-n3c4ccc(-c5ccccc5)cc4c4cc(-c5ccccc5)ccc43)c(-c3ccc(C#N)cc3)c2-n2c3ccc(-c4ccccc4)cc3c3cc(-c4ccccc4)ccc32)cc1. The second kappa shape index (κ2) is 18.5. The molecule has 2 aromatic heterocycles. The van der Waals surface area contributed by atoms with Gasteiger partial charge in [-0.1, -0.05) is 170 Å². The van der Waals surface area contributed by atoms with E-state index in [0.29, 0.717) is 39.2 Å². The van der Waals surface area contributed by atoms with Crippen molar-refractivity contribution < 1.29 is 0 Å². The Bertz CT molecular complexity index is 4430. The highest BCUT2D eigenvalue weighted by molar-refractivity contribution is 6.16. The molecule has 0 radical (unpaired) electrons. The van der Waals surface area contributed by atoms with Crippen LogP contribution in [0.5, 0.6) is 0 Å². The lowest BCUT2D eigenvalue weighted by Gasteiger charge is -2.26. The van der Waals surface area contributed by atoms with Gasteiger partial charge in [-0.05, 0) is 128 Å². The standard InChI is InChI=1S/C70H40N6/c71-41-45-21-25-51(26-22-45)67-61(43-73)62(44-74)69(75-63-33-29-53(47-13-5-1-6-14-47)37-57(63)58-38-54(30-34-64(58)75)48-15-7-2-8-16-48)68(52-27-23-46(42-72)24-28-52)70(67)76-65-35-31-55(49-17-9-3-10-18-49)39-59(65)60-40-56(32-36-66(60)76)50-19-11-4-12-20-50/h1-40H. The van der Waals surface area contributed by atoms with Crippen LogP contribution in [-0.4, -0.2) is 9.13 Å². The molecule has 0 N–H and O–H groups in total. The molecular weight excluding hydrogens is 925 g/mol. The van der Waals surface area contributed by atoms with E-state index < -0.39 is 0 Å². The molecule has 0 atom stereocenters. The van der Waals surface area contributed by atoms with Gasteiger partial charge in [0.05, 0.1) is 67.8 Å². The Labute approximate surface area is 438 Å². The summed E-state index contributed by atoms with van der Waals surface area (Å²) in [6.45, 7) is 0. The highest BCUT2D eigenvalue weighted by Crippen LogP contribution is 2.50. The summed E-state index contributed by atoms with van der Waals surface area (Å²) in [5.74, 6) is 0. The van der Waals surface area contributed by atoms with Gasteiger partial charge in [0.15, 0.2) is 0 Å². The summed E-state index contributed by atoms with van der Waals surface area (Å²) in [7, 11) is 0. The van der Waals surface area contributed by atoms with Crippen LogP contribution in [0.1, 0.15) is 22.3 Å². The molecule has 76 heavy (non-hydrogen) atoms. The van der Waals surface area contributed by atoms with Gasteiger partial charge in [-0.3, -0.25) is 0 Å². The van der Waals surface area contributed by atoms with E-state index in [4.69, 9.17) is 0 Å². The number of nitriles is 4. The second-order valence-corrected chi connectivity index (χ2v) is 18.9. The van der Waals surface area contributed by atoms with Gasteiger partial charge in [-0.25, -0.2) is 0 Å². The summed E-state index contributed by atoms with van der Waals surface area (Å²) in [6, 6.07) is 91.9. The second-order valence-electron chi connectivity index (χ2n) is 18.9. The molecule has 13 rings (SSSR count). The van der Waals surface area contributed by atoms with Crippen molar-refractivity contribution in [2.45, 2.75) is 0 Å². The van der Waals surface area contributed by atoms with Crippen molar-refractivity contribution in [3.63, 3.8) is 0 Å². The van der Waals surface area contributed by atoms with E-state index >= 15 is 0 Å². The predicted molar refractivity (Wildman–Crippen MR) is 307 cm³/mol. The zero-order valence-corrected chi connectivity index (χ0v) is 40.8. The maximum atomic E-state index is 11.9. The predicted octanol–water partition coefficient (Wildman–Crippen LogP) is 17.4. The van der Waals surface area contributed by atoms with E-state index in [-0.39, 0.29) is 11.1 Å². The first-order valence-electron chi connectivity index (χ1n) is 25.0. The number of hydrogen-bond donors (Lipinski definition) is 0. The Kier molecular flexibility index (Phi) is 11.0. The monoisotopic (exact) mass is 964 g/mol. The quantitative estimate of drug-likeness (QED) is 0.151. The molecule has 0 bridgehead atoms. The zero-order valence-electron chi connectivity index (χ0n) is 40.8. The van der Waals surface area contributed by atoms with Crippen molar-refractivity contribution in [3.05, 3.63) is 265 Å². The van der Waals surface area contributed by atoms with Gasteiger partial charge in [0.25, 0.3) is 0 Å². The van der Waals surface area contributed by atoms with Crippen LogP contribution in [0.3, 0.4) is 0 Å². The molecule has 0 amide bonds. The molecule has 0 fully saturated rings. The summed E-state index contributed by atoms with van der Waals surface area (Å²) >= 11 is 0. The lowest BCUT2D eigenvalue weighted by Crippen LogP contribution is -2.11. The fourth-order valence-electron chi connectivity index (χ4n) is 11.1. The van der Waals surface area contributed by atoms with Crippen LogP contribution >= 0.6 is 0 Å². The number of hydrogen-bond acceptors (Lipinski definition) is 4. The molecule has 6 heteroatoms. The van der Waals surface area contributed by atoms with Crippen molar-refractivity contribution >= 4 is 43.6 Å². The fraction of sp³-hybridized carbons (Fsp3) is 0. The van der Waals surface area contributed by atoms with E-state index in [9.17, 15) is 21.0 Å². The molecule has 0 aliphatic rings. The Balaban J connectivity index is 1.25. The smallest absolute Gasteiger partial charge is 0.103 e. The molecule has 13 aromatic rings. The van der Waals surface area contributed by atoms with Gasteiger partial charge in [0.2, 0.25) is 0 Å². The van der Waals surface area contributed by atoms with Crippen molar-refractivity contribution in [2.24, 2.45) is 0 Å². The van der Waals surface area contributed by atoms with Gasteiger partial charge < -0.3 is 9.13 Å². The summed E-state index contributed by atoms with van der Waals surface area (Å²) in [5.41, 5.74) is 17.0. The van der Waals surface area contributed by atoms with E-state index in [1.807, 2.05) is 109 Å². The number of nitrogens with zero attached hydrogens (tertiary/aromatic N) is 6. The van der Waals surface area contributed by atoms with Gasteiger partial charge in [0, 0.05) is 32.7 Å². The average molecular weight is 965 g/mol. The summed E-state index contributed by atoms with van der Waals surface area (Å²) in [4.78, 5) is 0. The summed E-state index contributed by atoms with van der Waals surface area (Å²) in [6.07, 6.45) is 0. The molecule has 0 aliphatic carbocycles. The van der Waals surface area contributed by atoms with Crippen LogP contribution in [0.2, 0.25) is 0 Å². The third-order valence-electron chi connectivity index (χ3n) is 14.7. The summed E-state index contributed by atoms with van der Waals surface area (Å²) in [5, 5.41) is 48.0. The van der Waals surface area contributed by atoms with E-state index in [1.165, 1.54) is 0 Å². The Morgan fingerprint density at radius 2 is 0.526 bits per heavy atom. The van der Waals surface area contributed by atoms with E-state index in [2.05, 4.69) is 155 Å². The topological polar surface area (TPSA) is 105 Å². The molecule has 350 valence electrons. The van der Waals surface area contributed by atoms with Crippen LogP contribution in [0.4, 0.5) is 0 Å². The van der Waals surface area contributed by atoms with Crippen molar-refractivity contribution in [3.8, 4) is 102 Å². The highest BCUT2D eigenvalue weighted by Gasteiger charge is 2.32. The third kappa shape index (κ3) is 7.39. The Morgan fingerprint density at radius 3 is 0.829 bits per heavy atom. The van der Waals surface area contributed by atoms with Gasteiger partial charge in [0.1, 0.15) is 12.1 Å². The van der Waals surface area contributed by atoms with E-state index in [0.717, 1.165) is 93.7 Å². The maximum Gasteiger partial charge on any atom is 0.103 e. The number of rotatable bonds is 8. The highest BCUT2D eigenvalue weighted by atomic mass is 15.0. The molecule has 0 aliphatic heterocycles. The third-order valence-corrected chi connectivity index (χ3v) is 14.7. The maximum absolute atomic E-state index is 11.9. The summed E-state index contributed by atoms with van der Waals surface area (Å²) < 4.78 is 4.43. The first-order chi connectivity index (χ1) is 37.5. The largest absolute Gasteiger partial charge is 0.308 e. The fourth-order valence-corrected chi connectivity index (χ4v) is 11.1. The lowest BCUT2D eigenvalue weighted by molar-refractivity contribution is 1.12. The normalized spacial score (nSPS) is 11.1. The minimum absolute atomic E-state index is 0.182. The average Bonchev–Trinajstić information content (AvgIpc) is 4.16. The van der Waals surface area contributed by atoms with E-state index in [1.54, 1.807) is 12.1 Å². The van der Waals surface area contributed by atoms with Crippen LogP contribution < -0.4 is 0 Å². The Hall–Kier alpha value is -11.0. The van der Waals surface area contributed by atoms with Crippen molar-refractivity contribution in [2.75, 3.05) is 0 Å². The zero-order chi connectivity index (χ0) is 51.3. The molecular formula is C70H40N6. The molecule has 0 saturated carbocycles. The van der Waals surface area contributed by atoms with Crippen LogP contribution in [0.15, 0.2) is 243 Å². The van der Waals surface area contributed by atoms with Crippen LogP contribution in [0, 0.1) is 45.3 Å². The van der Waals surface area contributed by atoms with Crippen LogP contribution in [-0.2, 0) is 0 Å². The van der Waals surface area contributed by atoms with Crippen LogP contribution in [0.25, 0.3) is 122 Å². The van der Waals surface area contributed by atoms with Crippen molar-refractivity contribution in [1.29, 1.82) is 21.0 Å². The number of fused-ring (bicyclic) bond motifs is 6. The first kappa shape index (κ1) is 44.9. The number of benzene rings is 11. The Morgan fingerprint density at radius 1 is 0.237 bits per heavy atom. The minimum Gasteiger partial charge on any atom is -0.308 e. The minimum atomic E-state index is 0.182. The molecule has 2 heterocycles. The molecule has 0 spiro atoms. The first-order valence-corrected chi connectivity index (χ1v) is 25.0. The molecule has 0 saturated heterocycles. The van der Waals surface area contributed by atoms with Gasteiger partial charge in [-0.2, -0.15) is 21.0 Å². The van der Waals surface area contributed by atoms with Gasteiger partial charge in [-0.15, -0.1) is 0 Å². The molecule has 11 aromatic carbocycles. The number of aromatic nitrogens is 2. The molecule has 0 unspecified atom stereocenters.